The van der Waals surface area contributed by atoms with Gasteiger partial charge in [-0.05, 0) is 73.7 Å². The number of aryl methyl sites for hydroxylation is 3. The number of carbonyl (C=O) groups excluding carboxylic acids is 2. The van der Waals surface area contributed by atoms with Crippen LogP contribution in [0.3, 0.4) is 0 Å². The number of hydrogen-bond donors (Lipinski definition) is 1. The number of benzene rings is 2. The first-order valence-electron chi connectivity index (χ1n) is 9.90. The number of ether oxygens (including phenoxy) is 1. The molecule has 1 N–H and O–H groups in total. The van der Waals surface area contributed by atoms with Crippen molar-refractivity contribution in [3.63, 3.8) is 0 Å². The van der Waals surface area contributed by atoms with Gasteiger partial charge in [0, 0.05) is 24.3 Å². The van der Waals surface area contributed by atoms with Crippen LogP contribution in [0.4, 0.5) is 11.4 Å². The Morgan fingerprint density at radius 2 is 1.86 bits per heavy atom. The summed E-state index contributed by atoms with van der Waals surface area (Å²) < 4.78 is 5.62. The summed E-state index contributed by atoms with van der Waals surface area (Å²) in [6.45, 7) is 6.83. The maximum atomic E-state index is 12.3. The Bertz CT molecular complexity index is 856. The number of hydrogen-bond acceptors (Lipinski definition) is 3. The molecule has 2 aromatic carbocycles. The second-order valence-electron chi connectivity index (χ2n) is 7.40. The highest BCUT2D eigenvalue weighted by atomic mass is 16.5. The molecule has 28 heavy (non-hydrogen) atoms. The molecule has 0 saturated heterocycles. The van der Waals surface area contributed by atoms with E-state index in [4.69, 9.17) is 4.74 Å². The molecule has 0 fully saturated rings. The van der Waals surface area contributed by atoms with Crippen molar-refractivity contribution >= 4 is 23.2 Å². The minimum absolute atomic E-state index is 0.0406. The Balaban J connectivity index is 1.63. The Morgan fingerprint density at radius 1 is 1.11 bits per heavy atom. The zero-order valence-electron chi connectivity index (χ0n) is 16.9. The third kappa shape index (κ3) is 4.91. The van der Waals surface area contributed by atoms with Crippen LogP contribution in [0.15, 0.2) is 36.4 Å². The number of carbonyl (C=O) groups is 2. The molecule has 1 heterocycles. The lowest BCUT2D eigenvalue weighted by Gasteiger charge is -2.29. The lowest BCUT2D eigenvalue weighted by molar-refractivity contribution is -0.119. The van der Waals surface area contributed by atoms with Gasteiger partial charge in [-0.2, -0.15) is 0 Å². The van der Waals surface area contributed by atoms with E-state index in [1.165, 1.54) is 0 Å². The fourth-order valence-corrected chi connectivity index (χ4v) is 3.56. The van der Waals surface area contributed by atoms with E-state index in [1.54, 1.807) is 0 Å². The summed E-state index contributed by atoms with van der Waals surface area (Å²) in [6.07, 6.45) is 3.26. The van der Waals surface area contributed by atoms with Gasteiger partial charge < -0.3 is 15.0 Å². The minimum atomic E-state index is -0.200. The largest absolute Gasteiger partial charge is 0.484 e. The highest BCUT2D eigenvalue weighted by Crippen LogP contribution is 2.30. The molecule has 0 bridgehead atoms. The van der Waals surface area contributed by atoms with Crippen molar-refractivity contribution in [3.05, 3.63) is 53.1 Å². The van der Waals surface area contributed by atoms with Crippen LogP contribution in [0.2, 0.25) is 0 Å². The molecule has 0 unspecified atom stereocenters. The van der Waals surface area contributed by atoms with E-state index in [-0.39, 0.29) is 18.4 Å². The molecule has 148 valence electrons. The molecule has 1 aliphatic rings. The van der Waals surface area contributed by atoms with E-state index >= 15 is 0 Å². The van der Waals surface area contributed by atoms with E-state index < -0.39 is 0 Å². The number of nitrogens with zero attached hydrogens (tertiary/aromatic N) is 1. The van der Waals surface area contributed by atoms with Crippen LogP contribution >= 0.6 is 0 Å². The molecule has 0 aromatic heterocycles. The van der Waals surface area contributed by atoms with Crippen molar-refractivity contribution in [3.8, 4) is 5.75 Å². The summed E-state index contributed by atoms with van der Waals surface area (Å²) in [5, 5.41) is 2.89. The first kappa shape index (κ1) is 19.9. The third-order valence-electron chi connectivity index (χ3n) is 4.86. The summed E-state index contributed by atoms with van der Waals surface area (Å²) >= 11 is 0. The van der Waals surface area contributed by atoms with E-state index in [2.05, 4.69) is 18.3 Å². The zero-order chi connectivity index (χ0) is 20.1. The van der Waals surface area contributed by atoms with Crippen molar-refractivity contribution in [1.82, 2.24) is 0 Å². The van der Waals surface area contributed by atoms with Gasteiger partial charge in [0.05, 0.1) is 0 Å². The molecule has 0 radical (unpaired) electrons. The maximum absolute atomic E-state index is 12.3. The average Bonchev–Trinajstić information content (AvgIpc) is 2.65. The summed E-state index contributed by atoms with van der Waals surface area (Å²) in [7, 11) is 0. The molecule has 0 aliphatic carbocycles. The van der Waals surface area contributed by atoms with Crippen LogP contribution in [0.5, 0.6) is 5.75 Å². The lowest BCUT2D eigenvalue weighted by Crippen LogP contribution is -2.35. The van der Waals surface area contributed by atoms with Crippen LogP contribution < -0.4 is 15.0 Å². The van der Waals surface area contributed by atoms with Crippen molar-refractivity contribution in [1.29, 1.82) is 0 Å². The number of anilines is 2. The molecule has 0 spiro atoms. The second-order valence-corrected chi connectivity index (χ2v) is 7.40. The molecule has 3 rings (SSSR count). The Labute approximate surface area is 166 Å². The van der Waals surface area contributed by atoms with Crippen LogP contribution in [0, 0.1) is 13.8 Å². The van der Waals surface area contributed by atoms with Crippen molar-refractivity contribution in [2.45, 2.75) is 46.5 Å². The van der Waals surface area contributed by atoms with Crippen LogP contribution in [0.25, 0.3) is 0 Å². The molecule has 5 nitrogen and oxygen atoms in total. The first-order chi connectivity index (χ1) is 13.5. The molecule has 0 atom stereocenters. The van der Waals surface area contributed by atoms with E-state index in [1.807, 2.05) is 49.1 Å². The zero-order valence-corrected chi connectivity index (χ0v) is 16.9. The summed E-state index contributed by atoms with van der Waals surface area (Å²) in [6, 6.07) is 11.7. The van der Waals surface area contributed by atoms with E-state index in [9.17, 15) is 9.59 Å². The molecular weight excluding hydrogens is 352 g/mol. The monoisotopic (exact) mass is 380 g/mol. The van der Waals surface area contributed by atoms with Gasteiger partial charge in [0.25, 0.3) is 5.91 Å². The Morgan fingerprint density at radius 3 is 2.57 bits per heavy atom. The number of unbranched alkanes of at least 4 members (excludes halogenated alkanes) is 1. The summed E-state index contributed by atoms with van der Waals surface area (Å²) in [4.78, 5) is 26.4. The average molecular weight is 380 g/mol. The fourth-order valence-electron chi connectivity index (χ4n) is 3.56. The number of nitrogens with one attached hydrogen (secondary N) is 1. The van der Waals surface area contributed by atoms with Gasteiger partial charge in [-0.25, -0.2) is 0 Å². The minimum Gasteiger partial charge on any atom is -0.484 e. The molecule has 0 saturated carbocycles. The molecule has 5 heteroatoms. The smallest absolute Gasteiger partial charge is 0.262 e. The SMILES string of the molecule is CCCCN1C(=O)CCc2cc(NC(=O)COc3cc(C)cc(C)c3)ccc21. The topological polar surface area (TPSA) is 58.6 Å². The van der Waals surface area contributed by atoms with E-state index in [0.717, 1.165) is 47.5 Å². The molecule has 2 amide bonds. The quantitative estimate of drug-likeness (QED) is 0.774. The maximum Gasteiger partial charge on any atom is 0.262 e. The third-order valence-corrected chi connectivity index (χ3v) is 4.86. The van der Waals surface area contributed by atoms with Gasteiger partial charge >= 0.3 is 0 Å². The van der Waals surface area contributed by atoms with Gasteiger partial charge in [-0.1, -0.05) is 19.4 Å². The predicted octanol–water partition coefficient (Wildman–Crippen LogP) is 4.40. The first-order valence-corrected chi connectivity index (χ1v) is 9.90. The normalized spacial score (nSPS) is 13.2. The van der Waals surface area contributed by atoms with Crippen molar-refractivity contribution in [2.75, 3.05) is 23.4 Å². The predicted molar refractivity (Wildman–Crippen MR) is 112 cm³/mol. The Kier molecular flexibility index (Phi) is 6.34. The fraction of sp³-hybridized carbons (Fsp3) is 0.391. The van der Waals surface area contributed by atoms with Crippen LogP contribution in [-0.4, -0.2) is 25.0 Å². The highest BCUT2D eigenvalue weighted by Gasteiger charge is 2.23. The summed E-state index contributed by atoms with van der Waals surface area (Å²) in [5.74, 6) is 0.677. The second kappa shape index (κ2) is 8.91. The van der Waals surface area contributed by atoms with Crippen LogP contribution in [0.1, 0.15) is 42.9 Å². The van der Waals surface area contributed by atoms with Gasteiger partial charge in [-0.15, -0.1) is 0 Å². The molecule has 2 aromatic rings. The lowest BCUT2D eigenvalue weighted by atomic mass is 10.00. The summed E-state index contributed by atoms with van der Waals surface area (Å²) in [5.41, 5.74) is 5.01. The van der Waals surface area contributed by atoms with Gasteiger partial charge in [-0.3, -0.25) is 9.59 Å². The van der Waals surface area contributed by atoms with Gasteiger partial charge in [0.2, 0.25) is 5.91 Å². The Hall–Kier alpha value is -2.82. The van der Waals surface area contributed by atoms with E-state index in [0.29, 0.717) is 18.6 Å². The standard InChI is InChI=1S/C23H28N2O3/c1-4-5-10-25-21-8-7-19(14-18(21)6-9-23(25)27)24-22(26)15-28-20-12-16(2)11-17(3)13-20/h7-8,11-14H,4-6,9-10,15H2,1-3H3,(H,24,26). The number of rotatable bonds is 7. The van der Waals surface area contributed by atoms with Gasteiger partial charge in [0.1, 0.15) is 5.75 Å². The van der Waals surface area contributed by atoms with Crippen molar-refractivity contribution < 1.29 is 14.3 Å². The molecule has 1 aliphatic heterocycles. The van der Waals surface area contributed by atoms with Gasteiger partial charge in [0.15, 0.2) is 6.61 Å². The number of fused-ring (bicyclic) bond motifs is 1. The van der Waals surface area contributed by atoms with Crippen LogP contribution in [-0.2, 0) is 16.0 Å². The van der Waals surface area contributed by atoms with Crippen molar-refractivity contribution in [2.24, 2.45) is 0 Å². The number of amides is 2. The highest BCUT2D eigenvalue weighted by molar-refractivity contribution is 5.97. The molecular formula is C23H28N2O3.